The van der Waals surface area contributed by atoms with Crippen LogP contribution < -0.4 is 5.32 Å². The molecular formula is C5H4N4O2S2. The van der Waals surface area contributed by atoms with Gasteiger partial charge >= 0.3 is 10.5 Å². The highest BCUT2D eigenvalue weighted by molar-refractivity contribution is 7.81. The molecule has 0 fully saturated rings. The topological polar surface area (TPSA) is 84.3 Å². The lowest BCUT2D eigenvalue weighted by molar-refractivity contribution is 0.623. The highest BCUT2D eigenvalue weighted by atomic mass is 32.2. The monoisotopic (exact) mass is 216 g/mol. The van der Waals surface area contributed by atoms with E-state index in [1.165, 1.54) is 12.4 Å². The molecule has 1 heterocycles. The second kappa shape index (κ2) is 4.58. The molecular weight excluding hydrogens is 212 g/mol. The number of rotatable bonds is 1. The fourth-order valence-corrected chi connectivity index (χ4v) is 1.00. The maximum atomic E-state index is 10.1. The van der Waals surface area contributed by atoms with E-state index in [0.717, 1.165) is 0 Å². The number of nitrogens with zero attached hydrogens (tertiary/aromatic N) is 3. The van der Waals surface area contributed by atoms with Gasteiger partial charge in [0.25, 0.3) is 0 Å². The molecule has 0 unspecified atom stereocenters. The van der Waals surface area contributed by atoms with E-state index in [1.54, 1.807) is 6.07 Å². The molecule has 0 aliphatic rings. The maximum Gasteiger partial charge on any atom is 0.318 e. The number of hydrogen-bond donors (Lipinski definition) is 1. The first kappa shape index (κ1) is 9.68. The number of anilines is 1. The van der Waals surface area contributed by atoms with Crippen molar-refractivity contribution in [3.63, 3.8) is 0 Å². The number of aromatic nitrogens is 2. The highest BCUT2D eigenvalue weighted by Crippen LogP contribution is 1.94. The van der Waals surface area contributed by atoms with Gasteiger partial charge in [0.05, 0.1) is 0 Å². The van der Waals surface area contributed by atoms with Gasteiger partial charge in [0.2, 0.25) is 11.1 Å². The van der Waals surface area contributed by atoms with Crippen molar-refractivity contribution < 1.29 is 8.42 Å². The van der Waals surface area contributed by atoms with Crippen LogP contribution in [-0.4, -0.2) is 23.5 Å². The van der Waals surface area contributed by atoms with Gasteiger partial charge < -0.3 is 0 Å². The minimum absolute atomic E-state index is 0.195. The molecule has 0 bridgehead atoms. The maximum absolute atomic E-state index is 10.1. The number of thiocarbonyl (C=S) groups is 1. The quantitative estimate of drug-likeness (QED) is 0.677. The van der Waals surface area contributed by atoms with Crippen LogP contribution in [0.5, 0.6) is 0 Å². The summed E-state index contributed by atoms with van der Waals surface area (Å²) in [6.45, 7) is 0. The third-order valence-electron chi connectivity index (χ3n) is 0.942. The van der Waals surface area contributed by atoms with Gasteiger partial charge in [-0.15, -0.1) is 4.36 Å². The van der Waals surface area contributed by atoms with Gasteiger partial charge in [-0.2, -0.15) is 8.42 Å². The summed E-state index contributed by atoms with van der Waals surface area (Å²) in [6, 6.07) is 1.62. The van der Waals surface area contributed by atoms with E-state index in [2.05, 4.69) is 31.9 Å². The minimum Gasteiger partial charge on any atom is -0.299 e. The average molecular weight is 216 g/mol. The minimum atomic E-state index is -2.55. The van der Waals surface area contributed by atoms with Crippen LogP contribution >= 0.6 is 12.2 Å². The van der Waals surface area contributed by atoms with Crippen molar-refractivity contribution in [1.29, 1.82) is 0 Å². The Bertz CT molecular complexity index is 419. The molecule has 68 valence electrons. The molecule has 0 saturated carbocycles. The lowest BCUT2D eigenvalue weighted by Crippen LogP contribution is -2.08. The normalized spacial score (nSPS) is 8.92. The molecule has 1 N–H and O–H groups in total. The second-order valence-corrected chi connectivity index (χ2v) is 2.81. The van der Waals surface area contributed by atoms with E-state index in [0.29, 0.717) is 0 Å². The van der Waals surface area contributed by atoms with Gasteiger partial charge in [-0.3, -0.25) is 5.32 Å². The van der Waals surface area contributed by atoms with E-state index in [-0.39, 0.29) is 11.1 Å². The molecule has 0 aromatic carbocycles. The Morgan fingerprint density at radius 2 is 2.08 bits per heavy atom. The molecule has 0 aliphatic carbocycles. The SMILES string of the molecule is O=S(=O)=NC(=S)Nc1ncccn1. The van der Waals surface area contributed by atoms with Crippen molar-refractivity contribution in [2.45, 2.75) is 0 Å². The van der Waals surface area contributed by atoms with Crippen molar-refractivity contribution in [3.05, 3.63) is 18.5 Å². The zero-order chi connectivity index (χ0) is 9.68. The van der Waals surface area contributed by atoms with Crippen LogP contribution in [0.25, 0.3) is 0 Å². The summed E-state index contributed by atoms with van der Waals surface area (Å²) in [4.78, 5) is 7.51. The Morgan fingerprint density at radius 3 is 2.62 bits per heavy atom. The highest BCUT2D eigenvalue weighted by Gasteiger charge is 1.96. The van der Waals surface area contributed by atoms with Crippen LogP contribution in [0.2, 0.25) is 0 Å². The lowest BCUT2D eigenvalue weighted by atomic mass is 10.7. The van der Waals surface area contributed by atoms with Crippen LogP contribution in [0.1, 0.15) is 0 Å². The summed E-state index contributed by atoms with van der Waals surface area (Å²) < 4.78 is 23.2. The summed E-state index contributed by atoms with van der Waals surface area (Å²) in [7, 11) is -2.55. The summed E-state index contributed by atoms with van der Waals surface area (Å²) in [6.07, 6.45) is 2.98. The standard InChI is InChI=1S/C5H4N4O2S2/c10-13(11)9-5(12)8-4-6-2-1-3-7-4/h1-3H,(H,6,7,8,12). The molecule has 6 nitrogen and oxygen atoms in total. The molecule has 1 aromatic rings. The van der Waals surface area contributed by atoms with E-state index in [9.17, 15) is 8.42 Å². The third-order valence-corrected chi connectivity index (χ3v) is 1.58. The molecule has 13 heavy (non-hydrogen) atoms. The molecule has 0 saturated heterocycles. The van der Waals surface area contributed by atoms with Crippen LogP contribution in [-0.2, 0) is 10.5 Å². The van der Waals surface area contributed by atoms with Gasteiger partial charge in [-0.1, -0.05) is 0 Å². The van der Waals surface area contributed by atoms with Crippen LogP contribution in [0.4, 0.5) is 5.95 Å². The Kier molecular flexibility index (Phi) is 3.41. The number of hydrogen-bond acceptors (Lipinski definition) is 5. The third kappa shape index (κ3) is 3.67. The summed E-state index contributed by atoms with van der Waals surface area (Å²) in [5, 5.41) is 2.23. The Labute approximate surface area is 80.7 Å². The zero-order valence-corrected chi connectivity index (χ0v) is 7.84. The van der Waals surface area contributed by atoms with Crippen molar-refractivity contribution in [2.75, 3.05) is 5.32 Å². The average Bonchev–Trinajstić information content (AvgIpc) is 2.04. The molecule has 8 heteroatoms. The van der Waals surface area contributed by atoms with E-state index >= 15 is 0 Å². The largest absolute Gasteiger partial charge is 0.318 e. The summed E-state index contributed by atoms with van der Waals surface area (Å²) in [5.41, 5.74) is 0. The molecule has 1 rings (SSSR count). The van der Waals surface area contributed by atoms with Gasteiger partial charge in [-0.25, -0.2) is 9.97 Å². The molecule has 0 atom stereocenters. The first-order valence-electron chi connectivity index (χ1n) is 3.07. The molecule has 0 amide bonds. The van der Waals surface area contributed by atoms with Crippen LogP contribution in [0, 0.1) is 0 Å². The smallest absolute Gasteiger partial charge is 0.299 e. The predicted molar refractivity (Wildman–Crippen MR) is 49.6 cm³/mol. The lowest BCUT2D eigenvalue weighted by Gasteiger charge is -1.97. The van der Waals surface area contributed by atoms with E-state index in [4.69, 9.17) is 0 Å². The summed E-state index contributed by atoms with van der Waals surface area (Å²) >= 11 is 4.56. The molecule has 0 radical (unpaired) electrons. The first-order chi connectivity index (χ1) is 6.18. The Morgan fingerprint density at radius 1 is 1.46 bits per heavy atom. The number of nitrogens with one attached hydrogen (secondary N) is 1. The van der Waals surface area contributed by atoms with Crippen LogP contribution in [0.3, 0.4) is 0 Å². The Hall–Kier alpha value is -1.41. The molecule has 0 aliphatic heterocycles. The fraction of sp³-hybridized carbons (Fsp3) is 0. The van der Waals surface area contributed by atoms with Gasteiger partial charge in [0.1, 0.15) is 0 Å². The van der Waals surface area contributed by atoms with Gasteiger partial charge in [0.15, 0.2) is 0 Å². The predicted octanol–water partition coefficient (Wildman–Crippen LogP) is 0.236. The van der Waals surface area contributed by atoms with E-state index < -0.39 is 10.5 Å². The Balaban J connectivity index is 2.72. The summed E-state index contributed by atoms with van der Waals surface area (Å²) in [5.74, 6) is 0.210. The van der Waals surface area contributed by atoms with Crippen molar-refractivity contribution >= 4 is 33.8 Å². The zero-order valence-electron chi connectivity index (χ0n) is 6.21. The van der Waals surface area contributed by atoms with Crippen molar-refractivity contribution in [3.8, 4) is 0 Å². The van der Waals surface area contributed by atoms with Gasteiger partial charge in [0, 0.05) is 12.4 Å². The van der Waals surface area contributed by atoms with Gasteiger partial charge in [-0.05, 0) is 18.3 Å². The molecule has 0 spiro atoms. The van der Waals surface area contributed by atoms with E-state index in [1.807, 2.05) is 0 Å². The fourth-order valence-electron chi connectivity index (χ4n) is 0.550. The first-order valence-corrected chi connectivity index (χ1v) is 4.51. The van der Waals surface area contributed by atoms with Crippen molar-refractivity contribution in [2.24, 2.45) is 4.36 Å². The van der Waals surface area contributed by atoms with Crippen molar-refractivity contribution in [1.82, 2.24) is 9.97 Å². The van der Waals surface area contributed by atoms with Crippen LogP contribution in [0.15, 0.2) is 22.8 Å². The molecule has 1 aromatic heterocycles. The second-order valence-electron chi connectivity index (χ2n) is 1.81.